The molecule has 9 heteroatoms. The molecule has 0 bridgehead atoms. The normalized spacial score (nSPS) is 11.6. The van der Waals surface area contributed by atoms with Crippen molar-refractivity contribution < 1.29 is 4.74 Å². The van der Waals surface area contributed by atoms with Crippen LogP contribution in [0.15, 0.2) is 40.4 Å². The molecule has 4 aromatic rings. The number of hydrogen-bond donors (Lipinski definition) is 0. The van der Waals surface area contributed by atoms with Gasteiger partial charge >= 0.3 is 0 Å². The molecule has 0 N–H and O–H groups in total. The van der Waals surface area contributed by atoms with Crippen LogP contribution in [-0.4, -0.2) is 37.6 Å². The lowest BCUT2D eigenvalue weighted by Crippen LogP contribution is -2.24. The van der Waals surface area contributed by atoms with E-state index in [1.165, 1.54) is 11.8 Å². The number of thioether (sulfide) groups is 1. The number of imidazole rings is 1. The molecule has 3 aromatic heterocycles. The van der Waals surface area contributed by atoms with E-state index in [9.17, 15) is 4.79 Å². The third-order valence-electron chi connectivity index (χ3n) is 4.77. The third-order valence-corrected chi connectivity index (χ3v) is 6.02. The SMILES string of the molecule is COCCCn1c(SCc2cn3c(C)cc(C)nc3n2)nc2cc(Cl)ccc2c1=O. The van der Waals surface area contributed by atoms with Gasteiger partial charge in [0, 0.05) is 48.6 Å². The summed E-state index contributed by atoms with van der Waals surface area (Å²) < 4.78 is 8.84. The molecule has 0 radical (unpaired) electrons. The van der Waals surface area contributed by atoms with Gasteiger partial charge in [-0.05, 0) is 44.5 Å². The van der Waals surface area contributed by atoms with Crippen molar-refractivity contribution >= 4 is 40.0 Å². The first-order valence-corrected chi connectivity index (χ1v) is 11.0. The van der Waals surface area contributed by atoms with Crippen LogP contribution in [0.25, 0.3) is 16.7 Å². The van der Waals surface area contributed by atoms with Gasteiger partial charge in [-0.25, -0.2) is 15.0 Å². The van der Waals surface area contributed by atoms with Crippen LogP contribution in [0.5, 0.6) is 0 Å². The van der Waals surface area contributed by atoms with E-state index in [4.69, 9.17) is 21.3 Å². The highest BCUT2D eigenvalue weighted by Crippen LogP contribution is 2.24. The van der Waals surface area contributed by atoms with E-state index >= 15 is 0 Å². The largest absolute Gasteiger partial charge is 0.385 e. The lowest BCUT2D eigenvalue weighted by Gasteiger charge is -2.12. The Morgan fingerprint density at radius 1 is 1.17 bits per heavy atom. The second-order valence-electron chi connectivity index (χ2n) is 7.09. The van der Waals surface area contributed by atoms with Crippen molar-refractivity contribution in [1.82, 2.24) is 23.9 Å². The Labute approximate surface area is 183 Å². The van der Waals surface area contributed by atoms with E-state index in [0.717, 1.165) is 23.5 Å². The van der Waals surface area contributed by atoms with Crippen molar-refractivity contribution in [2.24, 2.45) is 0 Å². The maximum absolute atomic E-state index is 13.1. The Kier molecular flexibility index (Phi) is 6.08. The van der Waals surface area contributed by atoms with Crippen molar-refractivity contribution in [2.75, 3.05) is 13.7 Å². The number of benzene rings is 1. The van der Waals surface area contributed by atoms with E-state index in [2.05, 4.69) is 9.97 Å². The molecule has 0 aliphatic heterocycles. The molecule has 1 aromatic carbocycles. The lowest BCUT2D eigenvalue weighted by molar-refractivity contribution is 0.189. The molecule has 0 aliphatic rings. The second kappa shape index (κ2) is 8.75. The van der Waals surface area contributed by atoms with Gasteiger partial charge in [-0.3, -0.25) is 13.8 Å². The average Bonchev–Trinajstić information content (AvgIpc) is 3.11. The van der Waals surface area contributed by atoms with Gasteiger partial charge < -0.3 is 4.74 Å². The van der Waals surface area contributed by atoms with Gasteiger partial charge in [-0.2, -0.15) is 0 Å². The van der Waals surface area contributed by atoms with E-state index in [1.54, 1.807) is 29.9 Å². The van der Waals surface area contributed by atoms with Gasteiger partial charge in [-0.15, -0.1) is 0 Å². The Bertz CT molecular complexity index is 1280. The number of ether oxygens (including phenoxy) is 1. The highest BCUT2D eigenvalue weighted by atomic mass is 35.5. The van der Waals surface area contributed by atoms with Gasteiger partial charge in [0.2, 0.25) is 5.78 Å². The Balaban J connectivity index is 1.69. The van der Waals surface area contributed by atoms with Crippen LogP contribution < -0.4 is 5.56 Å². The second-order valence-corrected chi connectivity index (χ2v) is 8.47. The van der Waals surface area contributed by atoms with Gasteiger partial charge in [-0.1, -0.05) is 23.4 Å². The van der Waals surface area contributed by atoms with Gasteiger partial charge in [0.25, 0.3) is 5.56 Å². The quantitative estimate of drug-likeness (QED) is 0.244. The molecule has 0 amide bonds. The summed E-state index contributed by atoms with van der Waals surface area (Å²) in [4.78, 5) is 26.9. The van der Waals surface area contributed by atoms with Crippen LogP contribution in [-0.2, 0) is 17.0 Å². The summed E-state index contributed by atoms with van der Waals surface area (Å²) in [6, 6.07) is 7.19. The number of halogens is 1. The maximum Gasteiger partial charge on any atom is 0.262 e. The molecule has 0 saturated carbocycles. The first kappa shape index (κ1) is 20.8. The van der Waals surface area contributed by atoms with Crippen LogP contribution >= 0.6 is 23.4 Å². The average molecular weight is 444 g/mol. The minimum absolute atomic E-state index is 0.0709. The summed E-state index contributed by atoms with van der Waals surface area (Å²) in [6.45, 7) is 5.10. The van der Waals surface area contributed by atoms with Crippen LogP contribution in [0.3, 0.4) is 0 Å². The topological polar surface area (TPSA) is 74.3 Å². The highest BCUT2D eigenvalue weighted by molar-refractivity contribution is 7.98. The first-order valence-electron chi connectivity index (χ1n) is 9.60. The van der Waals surface area contributed by atoms with Crippen molar-refractivity contribution in [1.29, 1.82) is 0 Å². The third kappa shape index (κ3) is 4.21. The van der Waals surface area contributed by atoms with Crippen molar-refractivity contribution in [3.63, 3.8) is 0 Å². The Morgan fingerprint density at radius 2 is 2.00 bits per heavy atom. The molecular weight excluding hydrogens is 422 g/mol. The Morgan fingerprint density at radius 3 is 2.80 bits per heavy atom. The number of aryl methyl sites for hydroxylation is 2. The number of fused-ring (bicyclic) bond motifs is 2. The Hall–Kier alpha value is -2.42. The minimum atomic E-state index is -0.0709. The number of aromatic nitrogens is 5. The van der Waals surface area contributed by atoms with Crippen molar-refractivity contribution in [3.05, 3.63) is 62.9 Å². The number of nitrogens with zero attached hydrogens (tertiary/aromatic N) is 5. The predicted molar refractivity (Wildman–Crippen MR) is 120 cm³/mol. The first-order chi connectivity index (χ1) is 14.5. The fourth-order valence-electron chi connectivity index (χ4n) is 3.37. The summed E-state index contributed by atoms with van der Waals surface area (Å²) in [5, 5.41) is 1.76. The molecule has 0 unspecified atom stereocenters. The molecule has 0 aliphatic carbocycles. The molecule has 156 valence electrons. The van der Waals surface area contributed by atoms with Crippen LogP contribution in [0.4, 0.5) is 0 Å². The summed E-state index contributed by atoms with van der Waals surface area (Å²) >= 11 is 7.60. The smallest absolute Gasteiger partial charge is 0.262 e. The maximum atomic E-state index is 13.1. The minimum Gasteiger partial charge on any atom is -0.385 e. The van der Waals surface area contributed by atoms with E-state index in [0.29, 0.717) is 45.8 Å². The number of methoxy groups -OCH3 is 1. The summed E-state index contributed by atoms with van der Waals surface area (Å²) in [7, 11) is 1.65. The molecule has 0 fully saturated rings. The number of hydrogen-bond acceptors (Lipinski definition) is 6. The molecule has 3 heterocycles. The zero-order chi connectivity index (χ0) is 21.3. The molecule has 0 spiro atoms. The predicted octanol–water partition coefficient (Wildman–Crippen LogP) is 4.04. The monoisotopic (exact) mass is 443 g/mol. The van der Waals surface area contributed by atoms with E-state index < -0.39 is 0 Å². The number of rotatable bonds is 7. The van der Waals surface area contributed by atoms with Gasteiger partial charge in [0.1, 0.15) is 0 Å². The molecule has 7 nitrogen and oxygen atoms in total. The molecular formula is C21H22ClN5O2S. The molecule has 4 rings (SSSR count). The van der Waals surface area contributed by atoms with Crippen LogP contribution in [0.1, 0.15) is 23.5 Å². The zero-order valence-electron chi connectivity index (χ0n) is 17.1. The summed E-state index contributed by atoms with van der Waals surface area (Å²) in [5.74, 6) is 1.25. The van der Waals surface area contributed by atoms with Gasteiger partial charge in [0.05, 0.1) is 16.6 Å². The fraction of sp³-hybridized carbons (Fsp3) is 0.333. The zero-order valence-corrected chi connectivity index (χ0v) is 18.6. The fourth-order valence-corrected chi connectivity index (χ4v) is 4.45. The van der Waals surface area contributed by atoms with Crippen molar-refractivity contribution in [2.45, 2.75) is 37.7 Å². The molecule has 0 saturated heterocycles. The van der Waals surface area contributed by atoms with Crippen LogP contribution in [0.2, 0.25) is 5.02 Å². The summed E-state index contributed by atoms with van der Waals surface area (Å²) in [5.41, 5.74) is 3.42. The van der Waals surface area contributed by atoms with Crippen LogP contribution in [0, 0.1) is 13.8 Å². The van der Waals surface area contributed by atoms with Crippen molar-refractivity contribution in [3.8, 4) is 0 Å². The van der Waals surface area contributed by atoms with E-state index in [1.807, 2.05) is 30.5 Å². The summed E-state index contributed by atoms with van der Waals surface area (Å²) in [6.07, 6.45) is 2.71. The van der Waals surface area contributed by atoms with Gasteiger partial charge in [0.15, 0.2) is 5.16 Å². The molecule has 30 heavy (non-hydrogen) atoms. The standard InChI is InChI=1S/C21H22ClN5O2S/c1-13-9-14(2)27-11-16(24-20(27)23-13)12-30-21-25-18-10-15(22)5-6-17(18)19(28)26(21)7-4-8-29-3/h5-6,9-11H,4,7-8,12H2,1-3H3. The lowest BCUT2D eigenvalue weighted by atomic mass is 10.2. The highest BCUT2D eigenvalue weighted by Gasteiger charge is 2.14. The van der Waals surface area contributed by atoms with E-state index in [-0.39, 0.29) is 5.56 Å². The molecule has 0 atom stereocenters.